The van der Waals surface area contributed by atoms with Crippen LogP contribution in [0.1, 0.15) is 22.1 Å². The van der Waals surface area contributed by atoms with Gasteiger partial charge in [0.2, 0.25) is 0 Å². The zero-order valence-corrected chi connectivity index (χ0v) is 9.08. The molecule has 17 heavy (non-hydrogen) atoms. The van der Waals surface area contributed by atoms with Crippen molar-refractivity contribution in [1.29, 1.82) is 0 Å². The minimum atomic E-state index is -1.25. The summed E-state index contributed by atoms with van der Waals surface area (Å²) in [5.74, 6) is -0.903. The summed E-state index contributed by atoms with van der Waals surface area (Å²) in [6.45, 7) is 2.02. The lowest BCUT2D eigenvalue weighted by Gasteiger charge is -2.02. The molecule has 1 aromatic carbocycles. The SMILES string of the molecule is Cc1ccc(OCc2nnc(C(=O)O)o2)cc1. The third-order valence-corrected chi connectivity index (χ3v) is 2.03. The van der Waals surface area contributed by atoms with Crippen LogP contribution in [0, 0.1) is 6.92 Å². The molecule has 1 heterocycles. The van der Waals surface area contributed by atoms with Gasteiger partial charge in [-0.2, -0.15) is 0 Å². The molecule has 2 rings (SSSR count). The van der Waals surface area contributed by atoms with E-state index in [-0.39, 0.29) is 12.5 Å². The fourth-order valence-corrected chi connectivity index (χ4v) is 1.18. The molecule has 0 aliphatic carbocycles. The van der Waals surface area contributed by atoms with Gasteiger partial charge in [0.05, 0.1) is 0 Å². The van der Waals surface area contributed by atoms with E-state index in [9.17, 15) is 4.79 Å². The van der Waals surface area contributed by atoms with E-state index in [1.54, 1.807) is 0 Å². The summed E-state index contributed by atoms with van der Waals surface area (Å²) in [7, 11) is 0. The summed E-state index contributed by atoms with van der Waals surface area (Å²) in [4.78, 5) is 10.5. The molecule has 88 valence electrons. The van der Waals surface area contributed by atoms with Crippen molar-refractivity contribution in [1.82, 2.24) is 10.2 Å². The Morgan fingerprint density at radius 2 is 2.06 bits per heavy atom. The zero-order valence-electron chi connectivity index (χ0n) is 9.08. The maximum atomic E-state index is 10.5. The molecule has 6 nitrogen and oxygen atoms in total. The van der Waals surface area contributed by atoms with Crippen molar-refractivity contribution >= 4 is 5.97 Å². The number of rotatable bonds is 4. The summed E-state index contributed by atoms with van der Waals surface area (Å²) in [5.41, 5.74) is 1.13. The summed E-state index contributed by atoms with van der Waals surface area (Å²) in [6, 6.07) is 7.44. The van der Waals surface area contributed by atoms with Crippen LogP contribution >= 0.6 is 0 Å². The maximum Gasteiger partial charge on any atom is 0.393 e. The number of nitrogens with zero attached hydrogens (tertiary/aromatic N) is 2. The minimum Gasteiger partial charge on any atom is -0.484 e. The van der Waals surface area contributed by atoms with Crippen LogP contribution in [0.2, 0.25) is 0 Å². The molecule has 0 aliphatic rings. The highest BCUT2D eigenvalue weighted by atomic mass is 16.5. The molecule has 0 aliphatic heterocycles. The molecule has 6 heteroatoms. The first-order valence-corrected chi connectivity index (χ1v) is 4.90. The minimum absolute atomic E-state index is 0.0450. The summed E-state index contributed by atoms with van der Waals surface area (Å²) >= 11 is 0. The highest BCUT2D eigenvalue weighted by molar-refractivity contribution is 5.81. The lowest BCUT2D eigenvalue weighted by Crippen LogP contribution is -1.96. The van der Waals surface area contributed by atoms with Gasteiger partial charge in [-0.25, -0.2) is 4.79 Å². The molecule has 1 N–H and O–H groups in total. The number of carbonyl (C=O) groups is 1. The Morgan fingerprint density at radius 1 is 1.35 bits per heavy atom. The first kappa shape index (κ1) is 11.1. The standard InChI is InChI=1S/C11H10N2O4/c1-7-2-4-8(5-3-7)16-6-9-12-13-10(17-9)11(14)15/h2-5H,6H2,1H3,(H,14,15). The molecule has 0 spiro atoms. The lowest BCUT2D eigenvalue weighted by molar-refractivity contribution is 0.0649. The number of aromatic carboxylic acids is 1. The number of hydrogen-bond acceptors (Lipinski definition) is 5. The second-order valence-corrected chi connectivity index (χ2v) is 3.41. The zero-order chi connectivity index (χ0) is 12.3. The van der Waals surface area contributed by atoms with Crippen molar-refractivity contribution in [2.45, 2.75) is 13.5 Å². The van der Waals surface area contributed by atoms with Gasteiger partial charge in [0, 0.05) is 0 Å². The van der Waals surface area contributed by atoms with Gasteiger partial charge in [-0.1, -0.05) is 17.7 Å². The first-order chi connectivity index (χ1) is 8.15. The first-order valence-electron chi connectivity index (χ1n) is 4.90. The molecule has 1 aromatic heterocycles. The second kappa shape index (κ2) is 4.65. The normalized spacial score (nSPS) is 10.2. The van der Waals surface area contributed by atoms with E-state index in [1.165, 1.54) is 0 Å². The molecule has 0 unspecified atom stereocenters. The van der Waals surface area contributed by atoms with Gasteiger partial charge in [0.1, 0.15) is 5.75 Å². The fourth-order valence-electron chi connectivity index (χ4n) is 1.18. The number of aromatic nitrogens is 2. The van der Waals surface area contributed by atoms with Gasteiger partial charge in [-0.15, -0.1) is 10.2 Å². The van der Waals surface area contributed by atoms with E-state index < -0.39 is 11.9 Å². The average Bonchev–Trinajstić information content (AvgIpc) is 2.77. The molecular formula is C11H10N2O4. The van der Waals surface area contributed by atoms with Gasteiger partial charge in [0.15, 0.2) is 6.61 Å². The van der Waals surface area contributed by atoms with Crippen LogP contribution < -0.4 is 4.74 Å². The Balaban J connectivity index is 1.97. The van der Waals surface area contributed by atoms with Crippen LogP contribution in [0.5, 0.6) is 5.75 Å². The van der Waals surface area contributed by atoms with Crippen molar-refractivity contribution in [2.75, 3.05) is 0 Å². The van der Waals surface area contributed by atoms with Crippen LogP contribution in [0.3, 0.4) is 0 Å². The van der Waals surface area contributed by atoms with Crippen molar-refractivity contribution in [3.8, 4) is 5.75 Å². The van der Waals surface area contributed by atoms with E-state index in [4.69, 9.17) is 14.3 Å². The predicted molar refractivity (Wildman–Crippen MR) is 56.8 cm³/mol. The van der Waals surface area contributed by atoms with Gasteiger partial charge in [-0.3, -0.25) is 0 Å². The van der Waals surface area contributed by atoms with E-state index in [0.717, 1.165) is 5.56 Å². The quantitative estimate of drug-likeness (QED) is 0.865. The average molecular weight is 234 g/mol. The number of ether oxygens (including phenoxy) is 1. The van der Waals surface area contributed by atoms with E-state index in [1.807, 2.05) is 31.2 Å². The van der Waals surface area contributed by atoms with E-state index in [2.05, 4.69) is 10.2 Å². The Labute approximate surface area is 96.9 Å². The summed E-state index contributed by atoms with van der Waals surface area (Å²) in [6.07, 6.45) is 0. The highest BCUT2D eigenvalue weighted by Crippen LogP contribution is 2.13. The Morgan fingerprint density at radius 3 is 2.65 bits per heavy atom. The van der Waals surface area contributed by atoms with Gasteiger partial charge in [0.25, 0.3) is 5.89 Å². The second-order valence-electron chi connectivity index (χ2n) is 3.41. The van der Waals surface area contributed by atoms with Crippen molar-refractivity contribution < 1.29 is 19.1 Å². The summed E-state index contributed by atoms with van der Waals surface area (Å²) < 4.78 is 10.2. The van der Waals surface area contributed by atoms with Crippen molar-refractivity contribution in [2.24, 2.45) is 0 Å². The number of benzene rings is 1. The van der Waals surface area contributed by atoms with E-state index in [0.29, 0.717) is 5.75 Å². The van der Waals surface area contributed by atoms with Gasteiger partial charge < -0.3 is 14.3 Å². The lowest BCUT2D eigenvalue weighted by atomic mass is 10.2. The Bertz CT molecular complexity index is 519. The third-order valence-electron chi connectivity index (χ3n) is 2.03. The van der Waals surface area contributed by atoms with Gasteiger partial charge in [-0.05, 0) is 19.1 Å². The number of carboxylic acids is 1. The smallest absolute Gasteiger partial charge is 0.393 e. The van der Waals surface area contributed by atoms with Gasteiger partial charge >= 0.3 is 11.9 Å². The maximum absolute atomic E-state index is 10.5. The summed E-state index contributed by atoms with van der Waals surface area (Å²) in [5, 5.41) is 15.5. The Hall–Kier alpha value is -2.37. The molecule has 0 saturated carbocycles. The molecule has 0 radical (unpaired) electrons. The largest absolute Gasteiger partial charge is 0.484 e. The molecule has 0 fully saturated rings. The third kappa shape index (κ3) is 2.81. The Kier molecular flexibility index (Phi) is 3.04. The predicted octanol–water partition coefficient (Wildman–Crippen LogP) is 1.66. The molecule has 0 amide bonds. The van der Waals surface area contributed by atoms with Crippen molar-refractivity contribution in [3.05, 3.63) is 41.6 Å². The van der Waals surface area contributed by atoms with E-state index >= 15 is 0 Å². The topological polar surface area (TPSA) is 85.5 Å². The highest BCUT2D eigenvalue weighted by Gasteiger charge is 2.12. The van der Waals surface area contributed by atoms with Crippen LogP contribution in [-0.4, -0.2) is 21.3 Å². The molecule has 0 atom stereocenters. The fraction of sp³-hybridized carbons (Fsp3) is 0.182. The number of hydrogen-bond donors (Lipinski definition) is 1. The monoisotopic (exact) mass is 234 g/mol. The number of aryl methyl sites for hydroxylation is 1. The number of carboxylic acid groups (broad SMARTS) is 1. The molecular weight excluding hydrogens is 224 g/mol. The van der Waals surface area contributed by atoms with Crippen LogP contribution in [0.25, 0.3) is 0 Å². The van der Waals surface area contributed by atoms with Crippen LogP contribution in [0.15, 0.2) is 28.7 Å². The van der Waals surface area contributed by atoms with Crippen LogP contribution in [0.4, 0.5) is 0 Å². The molecule has 2 aromatic rings. The molecule has 0 bridgehead atoms. The van der Waals surface area contributed by atoms with Crippen molar-refractivity contribution in [3.63, 3.8) is 0 Å². The van der Waals surface area contributed by atoms with Crippen LogP contribution in [-0.2, 0) is 6.61 Å². The molecule has 0 saturated heterocycles.